The van der Waals surface area contributed by atoms with E-state index < -0.39 is 0 Å². The summed E-state index contributed by atoms with van der Waals surface area (Å²) in [7, 11) is 3.57. The predicted octanol–water partition coefficient (Wildman–Crippen LogP) is 3.63. The summed E-state index contributed by atoms with van der Waals surface area (Å²) < 4.78 is 5.29. The molecule has 1 aliphatic rings. The molecule has 0 unspecified atom stereocenters. The third kappa shape index (κ3) is 4.74. The zero-order valence-corrected chi connectivity index (χ0v) is 17.8. The van der Waals surface area contributed by atoms with Crippen LogP contribution in [0.3, 0.4) is 0 Å². The van der Waals surface area contributed by atoms with Crippen LogP contribution in [-0.4, -0.2) is 62.6 Å². The van der Waals surface area contributed by atoms with Crippen molar-refractivity contribution in [3.63, 3.8) is 0 Å². The van der Waals surface area contributed by atoms with Crippen LogP contribution in [0.15, 0.2) is 66.7 Å². The molecule has 156 valence electrons. The minimum Gasteiger partial charge on any atom is -0.497 e. The Hall–Kier alpha value is -3.05. The summed E-state index contributed by atoms with van der Waals surface area (Å²) in [5, 5.41) is 2.30. The Balaban J connectivity index is 1.30. The first-order chi connectivity index (χ1) is 14.6. The number of methoxy groups -OCH3 is 1. The topological polar surface area (TPSA) is 36.0 Å². The fourth-order valence-electron chi connectivity index (χ4n) is 3.98. The average Bonchev–Trinajstić information content (AvgIpc) is 2.79. The van der Waals surface area contributed by atoms with E-state index in [9.17, 15) is 4.79 Å². The molecule has 5 nitrogen and oxygen atoms in total. The molecule has 0 aromatic heterocycles. The van der Waals surface area contributed by atoms with Crippen LogP contribution in [-0.2, 0) is 11.3 Å². The number of rotatable bonds is 6. The summed E-state index contributed by atoms with van der Waals surface area (Å²) in [6, 6.07) is 22.9. The van der Waals surface area contributed by atoms with E-state index in [0.717, 1.165) is 48.3 Å². The molecule has 0 saturated carbocycles. The number of benzene rings is 3. The summed E-state index contributed by atoms with van der Waals surface area (Å²) in [6.45, 7) is 4.82. The highest BCUT2D eigenvalue weighted by Crippen LogP contribution is 2.22. The van der Waals surface area contributed by atoms with Gasteiger partial charge in [-0.25, -0.2) is 0 Å². The number of hydrogen-bond acceptors (Lipinski definition) is 4. The van der Waals surface area contributed by atoms with Gasteiger partial charge in [0.1, 0.15) is 5.75 Å². The van der Waals surface area contributed by atoms with Crippen LogP contribution >= 0.6 is 0 Å². The minimum atomic E-state index is 0.165. The van der Waals surface area contributed by atoms with Crippen LogP contribution in [0.1, 0.15) is 5.56 Å². The molecule has 1 saturated heterocycles. The molecule has 3 aromatic carbocycles. The molecule has 0 spiro atoms. The number of nitrogens with zero attached hydrogens (tertiary/aromatic N) is 3. The normalized spacial score (nSPS) is 14.7. The van der Waals surface area contributed by atoms with Gasteiger partial charge < -0.3 is 14.5 Å². The third-order valence-corrected chi connectivity index (χ3v) is 5.81. The minimum absolute atomic E-state index is 0.165. The molecule has 0 N–H and O–H groups in total. The summed E-state index contributed by atoms with van der Waals surface area (Å²) in [5.41, 5.74) is 2.40. The van der Waals surface area contributed by atoms with Crippen molar-refractivity contribution in [2.45, 2.75) is 6.54 Å². The van der Waals surface area contributed by atoms with Gasteiger partial charge in [0.25, 0.3) is 0 Å². The van der Waals surface area contributed by atoms with Gasteiger partial charge in [0.15, 0.2) is 0 Å². The van der Waals surface area contributed by atoms with Crippen LogP contribution in [0, 0.1) is 0 Å². The number of carbonyl (C=O) groups excluding carboxylic acids is 1. The lowest BCUT2D eigenvalue weighted by molar-refractivity contribution is -0.131. The van der Waals surface area contributed by atoms with Gasteiger partial charge in [-0.1, -0.05) is 36.4 Å². The van der Waals surface area contributed by atoms with Crippen molar-refractivity contribution in [2.24, 2.45) is 0 Å². The second-order valence-corrected chi connectivity index (χ2v) is 7.90. The second kappa shape index (κ2) is 9.18. The zero-order chi connectivity index (χ0) is 20.9. The van der Waals surface area contributed by atoms with Gasteiger partial charge in [-0.05, 0) is 46.7 Å². The molecule has 0 aliphatic carbocycles. The Kier molecular flexibility index (Phi) is 6.19. The van der Waals surface area contributed by atoms with Gasteiger partial charge in [-0.3, -0.25) is 9.69 Å². The average molecular weight is 404 g/mol. The fourth-order valence-corrected chi connectivity index (χ4v) is 3.98. The first-order valence-electron chi connectivity index (χ1n) is 10.5. The first-order valence-corrected chi connectivity index (χ1v) is 10.5. The maximum atomic E-state index is 12.8. The molecule has 3 aromatic rings. The number of hydrogen-bond donors (Lipinski definition) is 0. The quantitative estimate of drug-likeness (QED) is 0.630. The predicted molar refractivity (Wildman–Crippen MR) is 122 cm³/mol. The lowest BCUT2D eigenvalue weighted by Gasteiger charge is -2.36. The lowest BCUT2D eigenvalue weighted by atomic mass is 10.1. The van der Waals surface area contributed by atoms with Crippen LogP contribution < -0.4 is 9.64 Å². The Morgan fingerprint density at radius 1 is 0.933 bits per heavy atom. The number of carbonyl (C=O) groups is 1. The van der Waals surface area contributed by atoms with Crippen LogP contribution in [0.5, 0.6) is 5.75 Å². The maximum absolute atomic E-state index is 12.8. The molecule has 1 fully saturated rings. The Morgan fingerprint density at radius 2 is 1.63 bits per heavy atom. The molecule has 1 aliphatic heterocycles. The fraction of sp³-hybridized carbons (Fsp3) is 0.320. The molecule has 5 heteroatoms. The van der Waals surface area contributed by atoms with Crippen LogP contribution in [0.4, 0.5) is 5.69 Å². The van der Waals surface area contributed by atoms with E-state index in [1.54, 1.807) is 7.11 Å². The van der Waals surface area contributed by atoms with Gasteiger partial charge in [-0.15, -0.1) is 0 Å². The van der Waals surface area contributed by atoms with Crippen LogP contribution in [0.2, 0.25) is 0 Å². The number of para-hydroxylation sites is 1. The van der Waals surface area contributed by atoms with Crippen molar-refractivity contribution in [3.8, 4) is 5.75 Å². The number of fused-ring (bicyclic) bond motifs is 1. The van der Waals surface area contributed by atoms with E-state index in [1.165, 1.54) is 5.69 Å². The number of amides is 1. The highest BCUT2D eigenvalue weighted by Gasteiger charge is 2.20. The van der Waals surface area contributed by atoms with E-state index in [4.69, 9.17) is 4.74 Å². The molecule has 30 heavy (non-hydrogen) atoms. The van der Waals surface area contributed by atoms with E-state index >= 15 is 0 Å². The van der Waals surface area contributed by atoms with E-state index in [1.807, 2.05) is 30.1 Å². The van der Waals surface area contributed by atoms with Crippen molar-refractivity contribution in [3.05, 3.63) is 72.3 Å². The number of anilines is 1. The maximum Gasteiger partial charge on any atom is 0.236 e. The number of likely N-dealkylation sites (N-methyl/N-ethyl adjacent to an activating group) is 1. The summed E-state index contributed by atoms with van der Waals surface area (Å²) in [6.07, 6.45) is 0. The van der Waals surface area contributed by atoms with E-state index in [-0.39, 0.29) is 5.91 Å². The zero-order valence-electron chi connectivity index (χ0n) is 17.8. The smallest absolute Gasteiger partial charge is 0.236 e. The molecule has 1 heterocycles. The number of piperazine rings is 1. The molecule has 4 rings (SSSR count). The molecule has 0 bridgehead atoms. The van der Waals surface area contributed by atoms with Crippen molar-refractivity contribution >= 4 is 22.4 Å². The molecule has 0 atom stereocenters. The van der Waals surface area contributed by atoms with Gasteiger partial charge in [0.2, 0.25) is 5.91 Å². The van der Waals surface area contributed by atoms with Crippen molar-refractivity contribution in [2.75, 3.05) is 51.8 Å². The Labute approximate surface area is 178 Å². The standard InChI is InChI=1S/C25H29N3O2/c1-26(18-20-8-9-22-17-24(30-2)11-10-21(22)16-20)25(29)19-27-12-14-28(15-13-27)23-6-4-3-5-7-23/h3-11,16-17H,12-15,18-19H2,1-2H3. The Morgan fingerprint density at radius 3 is 2.37 bits per heavy atom. The molecular formula is C25H29N3O2. The third-order valence-electron chi connectivity index (χ3n) is 5.81. The van der Waals surface area contributed by atoms with E-state index in [2.05, 4.69) is 58.3 Å². The molecule has 0 radical (unpaired) electrons. The SMILES string of the molecule is COc1ccc2cc(CN(C)C(=O)CN3CCN(c4ccccc4)CC3)ccc2c1. The highest BCUT2D eigenvalue weighted by atomic mass is 16.5. The Bertz CT molecular complexity index is 998. The summed E-state index contributed by atoms with van der Waals surface area (Å²) in [5.74, 6) is 1.02. The highest BCUT2D eigenvalue weighted by molar-refractivity contribution is 5.84. The second-order valence-electron chi connectivity index (χ2n) is 7.90. The van der Waals surface area contributed by atoms with Crippen LogP contribution in [0.25, 0.3) is 10.8 Å². The van der Waals surface area contributed by atoms with Gasteiger partial charge in [-0.2, -0.15) is 0 Å². The van der Waals surface area contributed by atoms with Gasteiger partial charge in [0.05, 0.1) is 13.7 Å². The monoisotopic (exact) mass is 403 g/mol. The van der Waals surface area contributed by atoms with Gasteiger partial charge in [0, 0.05) is 45.5 Å². The van der Waals surface area contributed by atoms with Crippen molar-refractivity contribution < 1.29 is 9.53 Å². The lowest BCUT2D eigenvalue weighted by Crippen LogP contribution is -2.49. The molecule has 1 amide bonds. The van der Waals surface area contributed by atoms with Crippen molar-refractivity contribution in [1.82, 2.24) is 9.80 Å². The van der Waals surface area contributed by atoms with Gasteiger partial charge >= 0.3 is 0 Å². The molecular weight excluding hydrogens is 374 g/mol. The summed E-state index contributed by atoms with van der Waals surface area (Å²) in [4.78, 5) is 19.2. The van der Waals surface area contributed by atoms with E-state index in [0.29, 0.717) is 13.1 Å². The number of ether oxygens (including phenoxy) is 1. The van der Waals surface area contributed by atoms with Crippen molar-refractivity contribution in [1.29, 1.82) is 0 Å². The largest absolute Gasteiger partial charge is 0.497 e. The first kappa shape index (κ1) is 20.2. The summed E-state index contributed by atoms with van der Waals surface area (Å²) >= 11 is 0.